The summed E-state index contributed by atoms with van der Waals surface area (Å²) in [5.74, 6) is -0.478. The lowest BCUT2D eigenvalue weighted by Crippen LogP contribution is -2.25. The summed E-state index contributed by atoms with van der Waals surface area (Å²) in [5.41, 5.74) is 0. The normalized spacial score (nSPS) is 10.8. The van der Waals surface area contributed by atoms with Gasteiger partial charge in [-0.3, -0.25) is 9.59 Å². The summed E-state index contributed by atoms with van der Waals surface area (Å²) in [6.07, 6.45) is 5.01. The number of carbonyl (C=O) groups is 2. The molecule has 0 unspecified atom stereocenters. The van der Waals surface area contributed by atoms with Crippen molar-refractivity contribution in [2.45, 2.75) is 44.9 Å². The van der Waals surface area contributed by atoms with Crippen LogP contribution in [0.3, 0.4) is 0 Å². The smallest absolute Gasteiger partial charge is 0.303 e. The van der Waals surface area contributed by atoms with Crippen molar-refractivity contribution in [1.29, 1.82) is 0 Å². The van der Waals surface area contributed by atoms with Crippen LogP contribution >= 0.6 is 11.6 Å². The number of unbranched alkanes of at least 4 members (excludes halogenated alkanes) is 3. The first-order valence-electron chi connectivity index (χ1n) is 8.94. The lowest BCUT2D eigenvalue weighted by molar-refractivity contribution is -0.138. The fourth-order valence-corrected chi connectivity index (χ4v) is 2.09. The van der Waals surface area contributed by atoms with Crippen molar-refractivity contribution in [2.24, 2.45) is 0 Å². The van der Waals surface area contributed by atoms with Gasteiger partial charge in [-0.15, -0.1) is 11.6 Å². The summed E-state index contributed by atoms with van der Waals surface area (Å²) in [7, 11) is 0. The lowest BCUT2D eigenvalue weighted by Gasteiger charge is -2.07. The maximum atomic E-state index is 11.2. The Labute approximate surface area is 155 Å². The van der Waals surface area contributed by atoms with Crippen LogP contribution in [0.4, 0.5) is 0 Å². The van der Waals surface area contributed by atoms with Gasteiger partial charge in [-0.05, 0) is 19.3 Å². The number of alkyl halides is 1. The van der Waals surface area contributed by atoms with Gasteiger partial charge in [-0.25, -0.2) is 0 Å². The van der Waals surface area contributed by atoms with Gasteiger partial charge in [0.15, 0.2) is 0 Å². The molecule has 0 aliphatic rings. The van der Waals surface area contributed by atoms with Gasteiger partial charge in [-0.1, -0.05) is 12.8 Å². The van der Waals surface area contributed by atoms with Gasteiger partial charge in [0.1, 0.15) is 0 Å². The number of rotatable bonds is 19. The van der Waals surface area contributed by atoms with E-state index in [1.807, 2.05) is 0 Å². The zero-order chi connectivity index (χ0) is 18.6. The molecule has 2 N–H and O–H groups in total. The average Bonchev–Trinajstić information content (AvgIpc) is 2.59. The summed E-state index contributed by atoms with van der Waals surface area (Å²) < 4.78 is 16.2. The van der Waals surface area contributed by atoms with E-state index < -0.39 is 5.97 Å². The Balaban J connectivity index is 3.09. The molecule has 0 bridgehead atoms. The first kappa shape index (κ1) is 24.1. The molecule has 0 aromatic carbocycles. The number of carboxylic acids is 1. The van der Waals surface area contributed by atoms with Crippen molar-refractivity contribution < 1.29 is 28.9 Å². The van der Waals surface area contributed by atoms with Crippen LogP contribution in [0.1, 0.15) is 44.9 Å². The molecule has 1 amide bonds. The number of amides is 1. The number of hydrogen-bond donors (Lipinski definition) is 2. The highest BCUT2D eigenvalue weighted by Crippen LogP contribution is 2.01. The summed E-state index contributed by atoms with van der Waals surface area (Å²) in [6, 6.07) is 0. The predicted molar refractivity (Wildman–Crippen MR) is 96.1 cm³/mol. The summed E-state index contributed by atoms with van der Waals surface area (Å²) in [4.78, 5) is 21.5. The van der Waals surface area contributed by atoms with E-state index in [1.54, 1.807) is 0 Å². The standard InChI is InChI=1S/C17H32ClNO6/c18-8-3-1-2-4-10-23-12-14-25-15-13-24-11-5-9-19-16(20)6-7-17(21)22/h1-15H2,(H,19,20)(H,21,22). The molecule has 7 nitrogen and oxygen atoms in total. The topological polar surface area (TPSA) is 94.1 Å². The fourth-order valence-electron chi connectivity index (χ4n) is 1.90. The molecule has 0 aromatic heterocycles. The number of nitrogens with one attached hydrogen (secondary N) is 1. The van der Waals surface area contributed by atoms with Gasteiger partial charge in [0.2, 0.25) is 5.91 Å². The van der Waals surface area contributed by atoms with Crippen molar-refractivity contribution in [2.75, 3.05) is 52.1 Å². The van der Waals surface area contributed by atoms with Crippen LogP contribution in [0.25, 0.3) is 0 Å². The Bertz CT molecular complexity index is 330. The molecule has 148 valence electrons. The maximum absolute atomic E-state index is 11.2. The molecule has 0 fully saturated rings. The minimum atomic E-state index is -0.967. The second-order valence-corrected chi connectivity index (χ2v) is 5.92. The number of halogens is 1. The van der Waals surface area contributed by atoms with E-state index in [4.69, 9.17) is 30.9 Å². The molecule has 0 atom stereocenters. The minimum absolute atomic E-state index is 0.0134. The highest BCUT2D eigenvalue weighted by molar-refractivity contribution is 6.17. The van der Waals surface area contributed by atoms with E-state index in [9.17, 15) is 9.59 Å². The van der Waals surface area contributed by atoms with Crippen LogP contribution in [0.15, 0.2) is 0 Å². The molecule has 0 rings (SSSR count). The Morgan fingerprint density at radius 3 is 1.92 bits per heavy atom. The molecule has 0 aromatic rings. The average molecular weight is 382 g/mol. The molecule has 0 saturated heterocycles. The SMILES string of the molecule is O=C(O)CCC(=O)NCCCOCCOCCOCCCCCCCl. The summed E-state index contributed by atoms with van der Waals surface area (Å²) >= 11 is 5.60. The molecular formula is C17H32ClNO6. The highest BCUT2D eigenvalue weighted by Gasteiger charge is 2.03. The highest BCUT2D eigenvalue weighted by atomic mass is 35.5. The van der Waals surface area contributed by atoms with Crippen molar-refractivity contribution in [3.05, 3.63) is 0 Å². The van der Waals surface area contributed by atoms with Gasteiger partial charge in [0, 0.05) is 32.1 Å². The molecule has 25 heavy (non-hydrogen) atoms. The first-order valence-corrected chi connectivity index (χ1v) is 9.48. The van der Waals surface area contributed by atoms with E-state index in [1.165, 1.54) is 0 Å². The van der Waals surface area contributed by atoms with Crippen molar-refractivity contribution in [3.63, 3.8) is 0 Å². The van der Waals surface area contributed by atoms with Crippen LogP contribution in [0.2, 0.25) is 0 Å². The second kappa shape index (κ2) is 19.4. The molecule has 8 heteroatoms. The minimum Gasteiger partial charge on any atom is -0.481 e. The van der Waals surface area contributed by atoms with Crippen LogP contribution in [-0.2, 0) is 23.8 Å². The van der Waals surface area contributed by atoms with Crippen LogP contribution in [0.5, 0.6) is 0 Å². The first-order chi connectivity index (χ1) is 12.2. The van der Waals surface area contributed by atoms with Gasteiger partial charge in [-0.2, -0.15) is 0 Å². The number of ether oxygens (including phenoxy) is 3. The zero-order valence-corrected chi connectivity index (χ0v) is 15.7. The van der Waals surface area contributed by atoms with Crippen LogP contribution in [-0.4, -0.2) is 69.0 Å². The molecule has 0 radical (unpaired) electrons. The third-order valence-corrected chi connectivity index (χ3v) is 3.54. The summed E-state index contributed by atoms with van der Waals surface area (Å²) in [6.45, 7) is 3.96. The van der Waals surface area contributed by atoms with Gasteiger partial charge in [0.05, 0.1) is 32.8 Å². The van der Waals surface area contributed by atoms with E-state index in [0.29, 0.717) is 46.0 Å². The molecule has 0 heterocycles. The molecule has 0 saturated carbocycles. The van der Waals surface area contributed by atoms with E-state index in [2.05, 4.69) is 5.32 Å². The van der Waals surface area contributed by atoms with Crippen molar-refractivity contribution in [1.82, 2.24) is 5.32 Å². The Hall–Kier alpha value is -0.890. The third-order valence-electron chi connectivity index (χ3n) is 3.27. The maximum Gasteiger partial charge on any atom is 0.303 e. The fraction of sp³-hybridized carbons (Fsp3) is 0.882. The molecule has 0 spiro atoms. The zero-order valence-electron chi connectivity index (χ0n) is 15.0. The Kier molecular flexibility index (Phi) is 18.7. The number of carboxylic acid groups (broad SMARTS) is 1. The van der Waals surface area contributed by atoms with Gasteiger partial charge in [0.25, 0.3) is 0 Å². The quantitative estimate of drug-likeness (QED) is 0.263. The second-order valence-electron chi connectivity index (χ2n) is 5.54. The largest absolute Gasteiger partial charge is 0.481 e. The lowest BCUT2D eigenvalue weighted by atomic mass is 10.2. The van der Waals surface area contributed by atoms with Crippen molar-refractivity contribution >= 4 is 23.5 Å². The van der Waals surface area contributed by atoms with E-state index in [0.717, 1.165) is 38.2 Å². The number of hydrogen-bond acceptors (Lipinski definition) is 5. The number of aliphatic carboxylic acids is 1. The van der Waals surface area contributed by atoms with E-state index >= 15 is 0 Å². The van der Waals surface area contributed by atoms with Gasteiger partial charge >= 0.3 is 5.97 Å². The Morgan fingerprint density at radius 2 is 1.32 bits per heavy atom. The predicted octanol–water partition coefficient (Wildman–Crippen LogP) is 2.21. The molecule has 0 aliphatic carbocycles. The third kappa shape index (κ3) is 21.1. The molecule has 0 aliphatic heterocycles. The monoisotopic (exact) mass is 381 g/mol. The van der Waals surface area contributed by atoms with Crippen molar-refractivity contribution in [3.8, 4) is 0 Å². The Morgan fingerprint density at radius 1 is 0.760 bits per heavy atom. The van der Waals surface area contributed by atoms with Crippen LogP contribution < -0.4 is 5.32 Å². The summed E-state index contributed by atoms with van der Waals surface area (Å²) in [5, 5.41) is 11.1. The van der Waals surface area contributed by atoms with Crippen LogP contribution in [0, 0.1) is 0 Å². The molecular weight excluding hydrogens is 350 g/mol. The van der Waals surface area contributed by atoms with E-state index in [-0.39, 0.29) is 18.7 Å². The number of carbonyl (C=O) groups excluding carboxylic acids is 1. The van der Waals surface area contributed by atoms with Gasteiger partial charge < -0.3 is 24.6 Å².